The molecule has 3 heterocycles. The number of hydrogen-bond donors (Lipinski definition) is 3. The van der Waals surface area contributed by atoms with Gasteiger partial charge in [0.15, 0.2) is 0 Å². The predicted octanol–water partition coefficient (Wildman–Crippen LogP) is 4.14. The van der Waals surface area contributed by atoms with Crippen LogP contribution in [0, 0.1) is 11.7 Å². The van der Waals surface area contributed by atoms with E-state index in [4.69, 9.17) is 18.9 Å². The number of benzene rings is 1. The summed E-state index contributed by atoms with van der Waals surface area (Å²) >= 11 is 0. The average Bonchev–Trinajstić information content (AvgIpc) is 3.73. The normalized spacial score (nSPS) is 32.4. The van der Waals surface area contributed by atoms with Crippen molar-refractivity contribution >= 4 is 23.5 Å². The van der Waals surface area contributed by atoms with Gasteiger partial charge in [-0.25, -0.2) is 4.39 Å². The second-order valence-electron chi connectivity index (χ2n) is 12.4. The third-order valence-corrected chi connectivity index (χ3v) is 8.45. The van der Waals surface area contributed by atoms with Crippen molar-refractivity contribution in [2.24, 2.45) is 5.92 Å². The number of hydrogen-bond acceptors (Lipinski definition) is 8. The molecule has 3 aliphatic heterocycles. The molecule has 4 rings (SSSR count). The van der Waals surface area contributed by atoms with Crippen LogP contribution < -0.4 is 10.6 Å². The van der Waals surface area contributed by atoms with Crippen LogP contribution in [0.4, 0.5) is 10.1 Å². The Hall–Kier alpha value is -3.38. The summed E-state index contributed by atoms with van der Waals surface area (Å²) in [6.07, 6.45) is 7.86. The van der Waals surface area contributed by atoms with E-state index in [1.54, 1.807) is 25.1 Å². The fourth-order valence-electron chi connectivity index (χ4n) is 5.87. The van der Waals surface area contributed by atoms with E-state index in [1.807, 2.05) is 19.9 Å². The van der Waals surface area contributed by atoms with Crippen LogP contribution in [0.1, 0.15) is 60.3 Å². The third kappa shape index (κ3) is 10.1. The fraction of sp³-hybridized carbons (Fsp3) is 0.559. The lowest BCUT2D eigenvalue weighted by Gasteiger charge is -2.39. The number of epoxide rings is 1. The summed E-state index contributed by atoms with van der Waals surface area (Å²) in [4.78, 5) is 36.1. The molecule has 45 heavy (non-hydrogen) atoms. The molecule has 0 aromatic heterocycles. The Balaban J connectivity index is 1.27. The number of nitrogens with one attached hydrogen (secondary N) is 2. The maximum Gasteiger partial charge on any atom is 0.303 e. The van der Waals surface area contributed by atoms with Crippen molar-refractivity contribution < 1.29 is 42.8 Å². The van der Waals surface area contributed by atoms with Crippen LogP contribution in [0.25, 0.3) is 0 Å². The summed E-state index contributed by atoms with van der Waals surface area (Å²) in [7, 11) is 0. The average molecular weight is 629 g/mol. The van der Waals surface area contributed by atoms with Gasteiger partial charge in [-0.3, -0.25) is 14.4 Å². The van der Waals surface area contributed by atoms with Gasteiger partial charge in [0.05, 0.1) is 37.4 Å². The van der Waals surface area contributed by atoms with Gasteiger partial charge in [-0.15, -0.1) is 0 Å². The summed E-state index contributed by atoms with van der Waals surface area (Å²) in [6.45, 7) is 9.41. The molecule has 1 aromatic rings. The van der Waals surface area contributed by atoms with Crippen molar-refractivity contribution in [2.45, 2.75) is 109 Å². The van der Waals surface area contributed by atoms with Gasteiger partial charge in [0.25, 0.3) is 0 Å². The molecule has 3 fully saturated rings. The molecule has 2 amide bonds. The number of anilines is 1. The summed E-state index contributed by atoms with van der Waals surface area (Å²) in [5.74, 6) is -1.22. The van der Waals surface area contributed by atoms with E-state index in [9.17, 15) is 23.9 Å². The molecule has 3 aliphatic rings. The molecule has 1 aromatic carbocycles. The van der Waals surface area contributed by atoms with E-state index in [0.717, 1.165) is 12.0 Å². The molecule has 3 saturated heterocycles. The minimum atomic E-state index is -0.863. The van der Waals surface area contributed by atoms with E-state index in [1.165, 1.54) is 31.2 Å². The first-order chi connectivity index (χ1) is 21.3. The van der Waals surface area contributed by atoms with Crippen molar-refractivity contribution in [1.82, 2.24) is 5.32 Å². The second-order valence-corrected chi connectivity index (χ2v) is 12.4. The number of halogens is 1. The zero-order chi connectivity index (χ0) is 32.7. The summed E-state index contributed by atoms with van der Waals surface area (Å²) in [6, 6.07) is 5.56. The number of ether oxygens (including phenoxy) is 4. The molecule has 0 bridgehead atoms. The summed E-state index contributed by atoms with van der Waals surface area (Å²) in [5, 5.41) is 16.6. The molecule has 3 N–H and O–H groups in total. The zero-order valence-electron chi connectivity index (χ0n) is 26.5. The minimum absolute atomic E-state index is 0.0309. The first kappa shape index (κ1) is 34.5. The number of carbonyl (C=O) groups is 3. The van der Waals surface area contributed by atoms with E-state index in [2.05, 4.69) is 23.6 Å². The smallest absolute Gasteiger partial charge is 0.303 e. The highest BCUT2D eigenvalue weighted by atomic mass is 19.1. The Morgan fingerprint density at radius 1 is 1.20 bits per heavy atom. The maximum absolute atomic E-state index is 13.5. The fourth-order valence-corrected chi connectivity index (χ4v) is 5.87. The van der Waals surface area contributed by atoms with Crippen molar-refractivity contribution in [3.8, 4) is 0 Å². The molecule has 1 spiro atoms. The van der Waals surface area contributed by atoms with Crippen molar-refractivity contribution in [2.75, 3.05) is 11.9 Å². The van der Waals surface area contributed by atoms with E-state index < -0.39 is 41.8 Å². The first-order valence-corrected chi connectivity index (χ1v) is 15.5. The molecule has 0 aliphatic carbocycles. The SMILES string of the molecule is CC(=O)O[C@@H](C)/C=C\C(=O)N[C@@H]1C[C@H](C)[C@H](C/C=C(C)/C=C/[C@H]2O[C@H](CC(=O)Nc3cccc(F)c3)C[C@@]3(CO3)[C@@H]2O)O[C@@H]1C. The lowest BCUT2D eigenvalue weighted by Crippen LogP contribution is -2.50. The summed E-state index contributed by atoms with van der Waals surface area (Å²) < 4.78 is 36.5. The van der Waals surface area contributed by atoms with E-state index >= 15 is 0 Å². The quantitative estimate of drug-likeness (QED) is 0.144. The van der Waals surface area contributed by atoms with E-state index in [0.29, 0.717) is 25.1 Å². The van der Waals surface area contributed by atoms with Gasteiger partial charge in [0.2, 0.25) is 11.8 Å². The van der Waals surface area contributed by atoms with E-state index in [-0.39, 0.29) is 42.4 Å². The van der Waals surface area contributed by atoms with Crippen molar-refractivity contribution in [3.63, 3.8) is 0 Å². The Bertz CT molecular complexity index is 1310. The van der Waals surface area contributed by atoms with Crippen LogP contribution in [0.2, 0.25) is 0 Å². The molecular formula is C34H45FN2O8. The van der Waals surface area contributed by atoms with Crippen LogP contribution in [0.3, 0.4) is 0 Å². The highest BCUT2D eigenvalue weighted by Gasteiger charge is 2.58. The third-order valence-electron chi connectivity index (χ3n) is 8.45. The highest BCUT2D eigenvalue weighted by molar-refractivity contribution is 5.91. The van der Waals surface area contributed by atoms with Crippen LogP contribution >= 0.6 is 0 Å². The Labute approximate surface area is 264 Å². The summed E-state index contributed by atoms with van der Waals surface area (Å²) in [5.41, 5.74) is 0.614. The molecule has 246 valence electrons. The molecule has 11 heteroatoms. The van der Waals surface area contributed by atoms with Gasteiger partial charge in [-0.2, -0.15) is 0 Å². The first-order valence-electron chi connectivity index (χ1n) is 15.5. The van der Waals surface area contributed by atoms with Crippen molar-refractivity contribution in [3.05, 3.63) is 66.0 Å². The van der Waals surface area contributed by atoms with Crippen LogP contribution in [-0.2, 0) is 33.3 Å². The minimum Gasteiger partial charge on any atom is -0.459 e. The van der Waals surface area contributed by atoms with Gasteiger partial charge in [0, 0.05) is 25.1 Å². The van der Waals surface area contributed by atoms with Gasteiger partial charge in [-0.1, -0.05) is 36.8 Å². The maximum atomic E-state index is 13.5. The molecule has 0 saturated carbocycles. The van der Waals surface area contributed by atoms with Crippen molar-refractivity contribution in [1.29, 1.82) is 0 Å². The zero-order valence-corrected chi connectivity index (χ0v) is 26.5. The highest BCUT2D eigenvalue weighted by Crippen LogP contribution is 2.43. The number of carbonyl (C=O) groups excluding carboxylic acids is 3. The molecule has 0 unspecified atom stereocenters. The monoisotopic (exact) mass is 628 g/mol. The second kappa shape index (κ2) is 15.3. The van der Waals surface area contributed by atoms with Gasteiger partial charge >= 0.3 is 5.97 Å². The lowest BCUT2D eigenvalue weighted by molar-refractivity contribution is -0.143. The Kier molecular flexibility index (Phi) is 11.7. The lowest BCUT2D eigenvalue weighted by atomic mass is 9.87. The number of esters is 1. The van der Waals surface area contributed by atoms with Crippen LogP contribution in [-0.4, -0.2) is 77.8 Å². The Morgan fingerprint density at radius 3 is 2.64 bits per heavy atom. The standard InChI is InChI=1S/C34H45FN2O8/c1-20(9-12-29-21(2)15-28(23(4)44-29)37-31(39)14-11-22(3)43-24(5)38)10-13-30-33(41)34(19-42-34)18-27(45-30)17-32(40)36-26-8-6-7-25(35)16-26/h6-11,13-14,16,21-23,27-30,33,41H,12,15,17-19H2,1-5H3,(H,36,40)(H,37,39)/b13-10+,14-11-,20-9+/t21-,22-,23+,27+,28+,29-,30+,33+,34+/m0/s1. The number of rotatable bonds is 11. The number of aliphatic hydroxyl groups is 1. The molecule has 10 nitrogen and oxygen atoms in total. The van der Waals surface area contributed by atoms with Crippen LogP contribution in [0.5, 0.6) is 0 Å². The molecular weight excluding hydrogens is 583 g/mol. The predicted molar refractivity (Wildman–Crippen MR) is 166 cm³/mol. The van der Waals surface area contributed by atoms with Gasteiger partial charge in [-0.05, 0) is 63.8 Å². The molecule has 9 atom stereocenters. The number of amides is 2. The van der Waals surface area contributed by atoms with Gasteiger partial charge in [0.1, 0.15) is 29.7 Å². The number of aliphatic hydroxyl groups excluding tert-OH is 1. The largest absolute Gasteiger partial charge is 0.459 e. The van der Waals surface area contributed by atoms with Gasteiger partial charge < -0.3 is 34.7 Å². The molecule has 0 radical (unpaired) electrons. The van der Waals surface area contributed by atoms with Crippen LogP contribution in [0.15, 0.2) is 60.2 Å². The Morgan fingerprint density at radius 2 is 1.96 bits per heavy atom. The number of allylic oxidation sites excluding steroid dienone is 2. The topological polar surface area (TPSA) is 136 Å².